The summed E-state index contributed by atoms with van der Waals surface area (Å²) in [5.74, 6) is 0. The van der Waals surface area contributed by atoms with Crippen LogP contribution < -0.4 is 0 Å². The number of methoxy groups -OCH3 is 1. The molecule has 0 spiro atoms. The van der Waals surface area contributed by atoms with Crippen molar-refractivity contribution >= 4 is 6.29 Å². The molecule has 0 aliphatic carbocycles. The second-order valence-corrected chi connectivity index (χ2v) is 3.07. The average molecular weight is 170 g/mol. The van der Waals surface area contributed by atoms with Crippen LogP contribution in [0.1, 0.15) is 33.1 Å². The van der Waals surface area contributed by atoms with E-state index in [-0.39, 0.29) is 5.60 Å². The lowest BCUT2D eigenvalue weighted by molar-refractivity contribution is -0.107. The van der Waals surface area contributed by atoms with E-state index in [1.54, 1.807) is 7.11 Å². The van der Waals surface area contributed by atoms with Crippen LogP contribution in [-0.2, 0) is 9.53 Å². The lowest BCUT2D eigenvalue weighted by atomic mass is 9.99. The summed E-state index contributed by atoms with van der Waals surface area (Å²) in [4.78, 5) is 10.0. The quantitative estimate of drug-likeness (QED) is 0.452. The van der Waals surface area contributed by atoms with Crippen molar-refractivity contribution in [2.75, 3.05) is 7.11 Å². The van der Waals surface area contributed by atoms with Gasteiger partial charge in [0.2, 0.25) is 0 Å². The molecule has 1 unspecified atom stereocenters. The highest BCUT2D eigenvalue weighted by Gasteiger charge is 2.17. The summed E-state index contributed by atoms with van der Waals surface area (Å²) in [5, 5.41) is 0. The van der Waals surface area contributed by atoms with Gasteiger partial charge in [0.05, 0.1) is 5.60 Å². The van der Waals surface area contributed by atoms with Gasteiger partial charge in [0.1, 0.15) is 6.29 Å². The molecule has 0 saturated heterocycles. The largest absolute Gasteiger partial charge is 0.374 e. The van der Waals surface area contributed by atoms with Gasteiger partial charge in [-0.3, -0.25) is 0 Å². The Balaban J connectivity index is 4.02. The second-order valence-electron chi connectivity index (χ2n) is 3.07. The molecule has 0 bridgehead atoms. The van der Waals surface area contributed by atoms with Gasteiger partial charge in [0.15, 0.2) is 0 Å². The van der Waals surface area contributed by atoms with Crippen LogP contribution in [0.15, 0.2) is 12.2 Å². The highest BCUT2D eigenvalue weighted by molar-refractivity contribution is 5.51. The minimum absolute atomic E-state index is 0.197. The van der Waals surface area contributed by atoms with Gasteiger partial charge >= 0.3 is 0 Å². The number of carbonyl (C=O) groups excluding carboxylic acids is 1. The molecule has 2 heteroatoms. The van der Waals surface area contributed by atoms with Crippen molar-refractivity contribution in [2.45, 2.75) is 38.7 Å². The monoisotopic (exact) mass is 170 g/mol. The highest BCUT2D eigenvalue weighted by atomic mass is 16.5. The van der Waals surface area contributed by atoms with Crippen LogP contribution in [0.4, 0.5) is 0 Å². The van der Waals surface area contributed by atoms with E-state index in [1.807, 2.05) is 19.1 Å². The van der Waals surface area contributed by atoms with Crippen molar-refractivity contribution in [1.29, 1.82) is 0 Å². The normalized spacial score (nSPS) is 16.2. The smallest absolute Gasteiger partial charge is 0.123 e. The first-order chi connectivity index (χ1) is 5.68. The van der Waals surface area contributed by atoms with Crippen LogP contribution in [0.25, 0.3) is 0 Å². The van der Waals surface area contributed by atoms with E-state index in [2.05, 4.69) is 6.92 Å². The van der Waals surface area contributed by atoms with Crippen molar-refractivity contribution in [3.63, 3.8) is 0 Å². The van der Waals surface area contributed by atoms with Crippen molar-refractivity contribution in [3.05, 3.63) is 12.2 Å². The Morgan fingerprint density at radius 1 is 1.50 bits per heavy atom. The summed E-state index contributed by atoms with van der Waals surface area (Å²) in [7, 11) is 1.70. The first-order valence-corrected chi connectivity index (χ1v) is 4.35. The lowest BCUT2D eigenvalue weighted by Crippen LogP contribution is -2.23. The molecule has 0 aromatic heterocycles. The number of ether oxygens (including phenoxy) is 1. The molecule has 1 atom stereocenters. The van der Waals surface area contributed by atoms with Gasteiger partial charge in [-0.15, -0.1) is 0 Å². The van der Waals surface area contributed by atoms with E-state index >= 15 is 0 Å². The fourth-order valence-corrected chi connectivity index (χ4v) is 1.12. The number of allylic oxidation sites excluding steroid dienone is 1. The summed E-state index contributed by atoms with van der Waals surface area (Å²) in [6.07, 6.45) is 7.24. The minimum atomic E-state index is -0.197. The van der Waals surface area contributed by atoms with Crippen LogP contribution >= 0.6 is 0 Å². The summed E-state index contributed by atoms with van der Waals surface area (Å²) in [5.41, 5.74) is -0.197. The predicted octanol–water partition coefficient (Wildman–Crippen LogP) is 2.34. The number of carbonyl (C=O) groups is 1. The zero-order valence-corrected chi connectivity index (χ0v) is 8.17. The van der Waals surface area contributed by atoms with E-state index in [1.165, 1.54) is 0 Å². The van der Waals surface area contributed by atoms with Gasteiger partial charge in [-0.05, 0) is 13.3 Å². The van der Waals surface area contributed by atoms with Crippen molar-refractivity contribution in [2.24, 2.45) is 0 Å². The molecular weight excluding hydrogens is 152 g/mol. The van der Waals surface area contributed by atoms with Crippen LogP contribution in [0.5, 0.6) is 0 Å². The fourth-order valence-electron chi connectivity index (χ4n) is 1.12. The molecule has 70 valence electrons. The minimum Gasteiger partial charge on any atom is -0.374 e. The molecule has 0 radical (unpaired) electrons. The van der Waals surface area contributed by atoms with Gasteiger partial charge in [0, 0.05) is 13.5 Å². The number of rotatable bonds is 6. The van der Waals surface area contributed by atoms with E-state index in [9.17, 15) is 4.79 Å². The molecule has 0 rings (SSSR count). The molecule has 0 aromatic rings. The third kappa shape index (κ3) is 4.29. The molecule has 0 amide bonds. The molecule has 0 aromatic carbocycles. The Kier molecular flexibility index (Phi) is 5.64. The van der Waals surface area contributed by atoms with Crippen molar-refractivity contribution < 1.29 is 9.53 Å². The topological polar surface area (TPSA) is 26.3 Å². The second kappa shape index (κ2) is 5.95. The molecular formula is C10H18O2. The lowest BCUT2D eigenvalue weighted by Gasteiger charge is -2.23. The summed E-state index contributed by atoms with van der Waals surface area (Å²) >= 11 is 0. The maximum atomic E-state index is 10.0. The Morgan fingerprint density at radius 3 is 2.58 bits per heavy atom. The average Bonchev–Trinajstić information content (AvgIpc) is 2.06. The number of aldehydes is 1. The molecule has 0 aliphatic heterocycles. The molecule has 2 nitrogen and oxygen atoms in total. The Bertz CT molecular complexity index is 152. The molecule has 12 heavy (non-hydrogen) atoms. The SMILES string of the molecule is CCCC(C)(C=CCC=O)OC. The van der Waals surface area contributed by atoms with E-state index < -0.39 is 0 Å². The van der Waals surface area contributed by atoms with Crippen LogP contribution in [-0.4, -0.2) is 19.0 Å². The highest BCUT2D eigenvalue weighted by Crippen LogP contribution is 2.18. The number of hydrogen-bond donors (Lipinski definition) is 0. The zero-order chi connectivity index (χ0) is 9.45. The number of hydrogen-bond acceptors (Lipinski definition) is 2. The van der Waals surface area contributed by atoms with E-state index in [0.29, 0.717) is 6.42 Å². The summed E-state index contributed by atoms with van der Waals surface area (Å²) < 4.78 is 5.32. The van der Waals surface area contributed by atoms with Crippen LogP contribution in [0.2, 0.25) is 0 Å². The van der Waals surface area contributed by atoms with E-state index in [4.69, 9.17) is 4.74 Å². The molecule has 0 aliphatic rings. The summed E-state index contributed by atoms with van der Waals surface area (Å²) in [6, 6.07) is 0. The molecule has 0 fully saturated rings. The molecule has 0 heterocycles. The van der Waals surface area contributed by atoms with Gasteiger partial charge < -0.3 is 9.53 Å². The third-order valence-electron chi connectivity index (χ3n) is 1.92. The van der Waals surface area contributed by atoms with Crippen LogP contribution in [0, 0.1) is 0 Å². The first-order valence-electron chi connectivity index (χ1n) is 4.35. The first kappa shape index (κ1) is 11.4. The van der Waals surface area contributed by atoms with Crippen molar-refractivity contribution in [1.82, 2.24) is 0 Å². The van der Waals surface area contributed by atoms with Gasteiger partial charge in [-0.1, -0.05) is 25.5 Å². The Hall–Kier alpha value is -0.630. The predicted molar refractivity (Wildman–Crippen MR) is 50.1 cm³/mol. The zero-order valence-electron chi connectivity index (χ0n) is 8.17. The van der Waals surface area contributed by atoms with Gasteiger partial charge in [-0.25, -0.2) is 0 Å². The third-order valence-corrected chi connectivity index (χ3v) is 1.92. The summed E-state index contributed by atoms with van der Waals surface area (Å²) in [6.45, 7) is 4.14. The van der Waals surface area contributed by atoms with E-state index in [0.717, 1.165) is 19.1 Å². The van der Waals surface area contributed by atoms with Gasteiger partial charge in [-0.2, -0.15) is 0 Å². The van der Waals surface area contributed by atoms with Crippen LogP contribution in [0.3, 0.4) is 0 Å². The Labute approximate surface area is 74.6 Å². The maximum absolute atomic E-state index is 10.0. The van der Waals surface area contributed by atoms with Crippen molar-refractivity contribution in [3.8, 4) is 0 Å². The van der Waals surface area contributed by atoms with Gasteiger partial charge in [0.25, 0.3) is 0 Å². The standard InChI is InChI=1S/C10H18O2/c1-4-7-10(2,12-3)8-5-6-9-11/h5,8-9H,4,6-7H2,1-3H3. The molecule has 0 N–H and O–H groups in total. The Morgan fingerprint density at radius 2 is 2.17 bits per heavy atom. The fraction of sp³-hybridized carbons (Fsp3) is 0.700. The maximum Gasteiger partial charge on any atom is 0.123 e. The molecule has 0 saturated carbocycles.